The van der Waals surface area contributed by atoms with E-state index in [4.69, 9.17) is 0 Å². The highest BCUT2D eigenvalue weighted by atomic mass is 19.4. The summed E-state index contributed by atoms with van der Waals surface area (Å²) in [6.07, 6.45) is -3.89. The van der Waals surface area contributed by atoms with E-state index in [-0.39, 0.29) is 17.5 Å². The molecule has 34 heavy (non-hydrogen) atoms. The summed E-state index contributed by atoms with van der Waals surface area (Å²) in [6, 6.07) is 11.3. The minimum atomic E-state index is -4.72. The van der Waals surface area contributed by atoms with Gasteiger partial charge in [-0.2, -0.15) is 10.2 Å². The Balaban J connectivity index is 1.54. The molecule has 0 saturated carbocycles. The number of hydrogen-bond acceptors (Lipinski definition) is 7. The molecule has 0 N–H and O–H groups in total. The Morgan fingerprint density at radius 1 is 1.15 bits per heavy atom. The lowest BCUT2D eigenvalue weighted by atomic mass is 10.1. The molecule has 0 spiro atoms. The number of aromatic nitrogens is 3. The minimum absolute atomic E-state index is 0.125. The van der Waals surface area contributed by atoms with Crippen LogP contribution in [0.2, 0.25) is 0 Å². The second-order valence-electron chi connectivity index (χ2n) is 8.12. The smallest absolute Gasteiger partial charge is 0.406 e. The number of rotatable bonds is 5. The van der Waals surface area contributed by atoms with Crippen LogP contribution in [0.4, 0.5) is 19.0 Å². The van der Waals surface area contributed by atoms with Gasteiger partial charge in [-0.25, -0.2) is 9.78 Å². The predicted molar refractivity (Wildman–Crippen MR) is 119 cm³/mol. The standard InChI is InChI=1S/C23H23F3N6O2/c1-3-17-14-32(21-20-19(30(2)22(33)29-21)9-6-16(12-27)28-20)11-10-31(17)13-15-4-7-18(8-5-15)34-23(24,25)26/h4-9,17H,3,10-11,13-14H2,1-2H3. The monoisotopic (exact) mass is 472 g/mol. The zero-order valence-electron chi connectivity index (χ0n) is 18.7. The van der Waals surface area contributed by atoms with Crippen LogP contribution in [0.3, 0.4) is 0 Å². The van der Waals surface area contributed by atoms with E-state index in [2.05, 4.69) is 26.5 Å². The third kappa shape index (κ3) is 4.97. The summed E-state index contributed by atoms with van der Waals surface area (Å²) in [7, 11) is 1.62. The van der Waals surface area contributed by atoms with Gasteiger partial charge in [0.25, 0.3) is 0 Å². The van der Waals surface area contributed by atoms with Crippen molar-refractivity contribution in [2.75, 3.05) is 24.5 Å². The van der Waals surface area contributed by atoms with Crippen LogP contribution in [-0.2, 0) is 13.6 Å². The molecular weight excluding hydrogens is 449 g/mol. The van der Waals surface area contributed by atoms with Gasteiger partial charge in [0, 0.05) is 39.3 Å². The lowest BCUT2D eigenvalue weighted by Crippen LogP contribution is -2.53. The molecule has 1 fully saturated rings. The SMILES string of the molecule is CCC1CN(c2nc(=O)n(C)c3ccc(C#N)nc23)CCN1Cc1ccc(OC(F)(F)F)cc1. The number of alkyl halides is 3. The van der Waals surface area contributed by atoms with E-state index in [1.807, 2.05) is 11.0 Å². The molecule has 11 heteroatoms. The molecule has 1 unspecified atom stereocenters. The Bertz CT molecular complexity index is 1280. The number of pyridine rings is 1. The van der Waals surface area contributed by atoms with E-state index >= 15 is 0 Å². The fourth-order valence-electron chi connectivity index (χ4n) is 4.20. The summed E-state index contributed by atoms with van der Waals surface area (Å²) in [5.41, 5.74) is 1.83. The van der Waals surface area contributed by atoms with Gasteiger partial charge in [0.1, 0.15) is 23.0 Å². The van der Waals surface area contributed by atoms with Gasteiger partial charge < -0.3 is 9.64 Å². The number of fused-ring (bicyclic) bond motifs is 1. The van der Waals surface area contributed by atoms with Crippen molar-refractivity contribution in [2.45, 2.75) is 32.3 Å². The van der Waals surface area contributed by atoms with Crippen LogP contribution in [0.25, 0.3) is 11.0 Å². The molecule has 0 radical (unpaired) electrons. The lowest BCUT2D eigenvalue weighted by molar-refractivity contribution is -0.274. The van der Waals surface area contributed by atoms with Crippen LogP contribution >= 0.6 is 0 Å². The van der Waals surface area contributed by atoms with Gasteiger partial charge in [0.15, 0.2) is 5.82 Å². The van der Waals surface area contributed by atoms with Crippen molar-refractivity contribution in [1.29, 1.82) is 5.26 Å². The van der Waals surface area contributed by atoms with Gasteiger partial charge in [-0.3, -0.25) is 9.47 Å². The van der Waals surface area contributed by atoms with Crippen molar-refractivity contribution in [3.8, 4) is 11.8 Å². The second kappa shape index (κ2) is 9.30. The molecule has 178 valence electrons. The largest absolute Gasteiger partial charge is 0.573 e. The van der Waals surface area contributed by atoms with E-state index in [0.717, 1.165) is 12.0 Å². The molecule has 1 aliphatic heterocycles. The molecule has 1 aliphatic rings. The molecule has 0 amide bonds. The summed E-state index contributed by atoms with van der Waals surface area (Å²) < 4.78 is 42.5. The maximum absolute atomic E-state index is 12.5. The van der Waals surface area contributed by atoms with E-state index in [1.165, 1.54) is 16.7 Å². The van der Waals surface area contributed by atoms with Crippen LogP contribution in [-0.4, -0.2) is 51.5 Å². The number of piperazine rings is 1. The Morgan fingerprint density at radius 3 is 2.53 bits per heavy atom. The Morgan fingerprint density at radius 2 is 1.88 bits per heavy atom. The first-order valence-corrected chi connectivity index (χ1v) is 10.8. The Kier molecular flexibility index (Phi) is 6.43. The lowest BCUT2D eigenvalue weighted by Gasteiger charge is -2.41. The van der Waals surface area contributed by atoms with Crippen LogP contribution in [0, 0.1) is 11.3 Å². The number of ether oxygens (including phenoxy) is 1. The zero-order valence-corrected chi connectivity index (χ0v) is 18.7. The van der Waals surface area contributed by atoms with Crippen LogP contribution in [0.15, 0.2) is 41.2 Å². The van der Waals surface area contributed by atoms with Gasteiger partial charge in [0.2, 0.25) is 0 Å². The zero-order chi connectivity index (χ0) is 24.5. The molecule has 0 bridgehead atoms. The molecule has 3 aromatic rings. The molecule has 1 saturated heterocycles. The molecule has 3 heterocycles. The van der Waals surface area contributed by atoms with Crippen LogP contribution in [0.5, 0.6) is 5.75 Å². The first-order chi connectivity index (χ1) is 16.2. The number of anilines is 1. The number of hydrogen-bond donors (Lipinski definition) is 0. The van der Waals surface area contributed by atoms with Crippen LogP contribution in [0.1, 0.15) is 24.6 Å². The van der Waals surface area contributed by atoms with Crippen LogP contribution < -0.4 is 15.3 Å². The maximum atomic E-state index is 12.5. The number of halogens is 3. The molecule has 8 nitrogen and oxygen atoms in total. The predicted octanol–water partition coefficient (Wildman–Crippen LogP) is 3.20. The van der Waals surface area contributed by atoms with E-state index in [1.54, 1.807) is 31.3 Å². The second-order valence-corrected chi connectivity index (χ2v) is 8.12. The molecule has 1 atom stereocenters. The molecule has 2 aromatic heterocycles. The van der Waals surface area contributed by atoms with E-state index in [0.29, 0.717) is 43.0 Å². The van der Waals surface area contributed by atoms with E-state index < -0.39 is 12.1 Å². The van der Waals surface area contributed by atoms with Gasteiger partial charge >= 0.3 is 12.1 Å². The first-order valence-electron chi connectivity index (χ1n) is 10.8. The maximum Gasteiger partial charge on any atom is 0.573 e. The normalized spacial score (nSPS) is 17.1. The fraction of sp³-hybridized carbons (Fsp3) is 0.391. The quantitative estimate of drug-likeness (QED) is 0.564. The highest BCUT2D eigenvalue weighted by molar-refractivity contribution is 5.86. The summed E-state index contributed by atoms with van der Waals surface area (Å²) in [6.45, 7) is 4.47. The van der Waals surface area contributed by atoms with Gasteiger partial charge in [-0.05, 0) is 36.2 Å². The summed E-state index contributed by atoms with van der Waals surface area (Å²) >= 11 is 0. The third-order valence-corrected chi connectivity index (χ3v) is 5.97. The number of aryl methyl sites for hydroxylation is 1. The molecular formula is C23H23F3N6O2. The van der Waals surface area contributed by atoms with Crippen molar-refractivity contribution >= 4 is 16.9 Å². The van der Waals surface area contributed by atoms with Crippen molar-refractivity contribution < 1.29 is 17.9 Å². The first kappa shape index (κ1) is 23.5. The molecule has 0 aliphatic carbocycles. The fourth-order valence-corrected chi connectivity index (χ4v) is 4.20. The number of nitriles is 1. The summed E-state index contributed by atoms with van der Waals surface area (Å²) in [5, 5.41) is 9.26. The summed E-state index contributed by atoms with van der Waals surface area (Å²) in [5.74, 6) is 0.211. The van der Waals surface area contributed by atoms with Crippen molar-refractivity contribution in [3.63, 3.8) is 0 Å². The van der Waals surface area contributed by atoms with Crippen molar-refractivity contribution in [1.82, 2.24) is 19.4 Å². The number of nitrogens with zero attached hydrogens (tertiary/aromatic N) is 6. The average Bonchev–Trinajstić information content (AvgIpc) is 2.81. The summed E-state index contributed by atoms with van der Waals surface area (Å²) in [4.78, 5) is 25.4. The average molecular weight is 472 g/mol. The Labute approximate surface area is 193 Å². The van der Waals surface area contributed by atoms with Crippen molar-refractivity contribution in [3.05, 3.63) is 58.1 Å². The van der Waals surface area contributed by atoms with Crippen molar-refractivity contribution in [2.24, 2.45) is 7.05 Å². The number of benzene rings is 1. The minimum Gasteiger partial charge on any atom is -0.406 e. The van der Waals surface area contributed by atoms with Gasteiger partial charge in [0.05, 0.1) is 5.52 Å². The van der Waals surface area contributed by atoms with E-state index in [9.17, 15) is 23.2 Å². The van der Waals surface area contributed by atoms with Gasteiger partial charge in [-0.15, -0.1) is 13.2 Å². The van der Waals surface area contributed by atoms with Gasteiger partial charge in [-0.1, -0.05) is 19.1 Å². The molecule has 4 rings (SSSR count). The Hall–Kier alpha value is -3.65. The highest BCUT2D eigenvalue weighted by Gasteiger charge is 2.31. The topological polar surface area (TPSA) is 87.3 Å². The molecule has 1 aromatic carbocycles. The third-order valence-electron chi connectivity index (χ3n) is 5.97. The highest BCUT2D eigenvalue weighted by Crippen LogP contribution is 2.27.